The Morgan fingerprint density at radius 2 is 1.71 bits per heavy atom. The van der Waals surface area contributed by atoms with Crippen molar-refractivity contribution in [1.82, 2.24) is 4.90 Å². The van der Waals surface area contributed by atoms with E-state index in [0.29, 0.717) is 25.2 Å². The van der Waals surface area contributed by atoms with Gasteiger partial charge in [0.1, 0.15) is 23.4 Å². The van der Waals surface area contributed by atoms with Gasteiger partial charge in [0.05, 0.1) is 5.56 Å². The molecule has 0 aromatic heterocycles. The van der Waals surface area contributed by atoms with E-state index in [9.17, 15) is 18.4 Å². The van der Waals surface area contributed by atoms with Crippen LogP contribution in [0.5, 0.6) is 0 Å². The van der Waals surface area contributed by atoms with Gasteiger partial charge in [0.25, 0.3) is 0 Å². The van der Waals surface area contributed by atoms with Crippen molar-refractivity contribution in [2.75, 3.05) is 18.4 Å². The number of benzene rings is 1. The van der Waals surface area contributed by atoms with Gasteiger partial charge in [-0.05, 0) is 32.9 Å². The van der Waals surface area contributed by atoms with E-state index in [4.69, 9.17) is 5.11 Å². The number of hydrogen-bond acceptors (Lipinski definition) is 3. The van der Waals surface area contributed by atoms with Crippen LogP contribution in [0.1, 0.15) is 31.1 Å². The summed E-state index contributed by atoms with van der Waals surface area (Å²) in [5.41, 5.74) is -0.994. The van der Waals surface area contributed by atoms with Gasteiger partial charge in [0, 0.05) is 13.1 Å². The first-order valence-electron chi connectivity index (χ1n) is 6.59. The van der Waals surface area contributed by atoms with Gasteiger partial charge in [-0.2, -0.15) is 0 Å². The molecule has 0 bridgehead atoms. The number of likely N-dealkylation sites (N-methyl/N-ethyl adjacent to an activating group) is 1. The number of nitrogens with one attached hydrogen (secondary N) is 1. The summed E-state index contributed by atoms with van der Waals surface area (Å²) in [6.07, 6.45) is 0. The molecule has 0 aliphatic carbocycles. The first-order valence-corrected chi connectivity index (χ1v) is 6.59. The second kappa shape index (κ2) is 7.01. The van der Waals surface area contributed by atoms with Gasteiger partial charge in [0.15, 0.2) is 0 Å². The zero-order chi connectivity index (χ0) is 16.2. The molecule has 21 heavy (non-hydrogen) atoms. The highest BCUT2D eigenvalue weighted by molar-refractivity contribution is 5.88. The molecule has 0 spiro atoms. The van der Waals surface area contributed by atoms with Crippen LogP contribution in [0.15, 0.2) is 12.1 Å². The predicted molar refractivity (Wildman–Crippen MR) is 74.3 cm³/mol. The zero-order valence-electron chi connectivity index (χ0n) is 12.1. The maximum atomic E-state index is 13.8. The van der Waals surface area contributed by atoms with Gasteiger partial charge in [0.2, 0.25) is 5.91 Å². The van der Waals surface area contributed by atoms with Crippen molar-refractivity contribution in [3.63, 3.8) is 0 Å². The van der Waals surface area contributed by atoms with Crippen LogP contribution in [-0.4, -0.2) is 41.0 Å². The standard InChI is InChI=1S/C14H18F2N2O3/c1-4-18(5-2)13(19)8(3)17-12-10(15)6-9(14(20)21)7-11(12)16/h6-8,17H,4-5H2,1-3H3,(H,20,21). The fourth-order valence-corrected chi connectivity index (χ4v) is 1.92. The highest BCUT2D eigenvalue weighted by Crippen LogP contribution is 2.22. The molecular formula is C14H18F2N2O3. The summed E-state index contributed by atoms with van der Waals surface area (Å²) in [6.45, 7) is 6.08. The topological polar surface area (TPSA) is 69.6 Å². The number of hydrogen-bond donors (Lipinski definition) is 2. The summed E-state index contributed by atoms with van der Waals surface area (Å²) in [6, 6.07) is 0.592. The van der Waals surface area contributed by atoms with E-state index in [0.717, 1.165) is 0 Å². The number of carbonyl (C=O) groups excluding carboxylic acids is 1. The second-order valence-corrected chi connectivity index (χ2v) is 4.50. The number of carboxylic acid groups (broad SMARTS) is 1. The first-order chi connectivity index (χ1) is 9.81. The van der Waals surface area contributed by atoms with Crippen molar-refractivity contribution in [3.05, 3.63) is 29.3 Å². The van der Waals surface area contributed by atoms with Gasteiger partial charge in [-0.15, -0.1) is 0 Å². The smallest absolute Gasteiger partial charge is 0.335 e. The first kappa shape index (κ1) is 16.9. The largest absolute Gasteiger partial charge is 0.478 e. The lowest BCUT2D eigenvalue weighted by Gasteiger charge is -2.24. The molecule has 116 valence electrons. The van der Waals surface area contributed by atoms with Crippen LogP contribution in [0.25, 0.3) is 0 Å². The molecule has 7 heteroatoms. The average molecular weight is 300 g/mol. The van der Waals surface area contributed by atoms with Crippen LogP contribution in [-0.2, 0) is 4.79 Å². The van der Waals surface area contributed by atoms with Crippen molar-refractivity contribution in [2.24, 2.45) is 0 Å². The van der Waals surface area contributed by atoms with Crippen LogP contribution >= 0.6 is 0 Å². The third kappa shape index (κ3) is 3.90. The Kier molecular flexibility index (Phi) is 5.63. The number of rotatable bonds is 6. The number of amides is 1. The Bertz CT molecular complexity index is 522. The summed E-state index contributed by atoms with van der Waals surface area (Å²) in [5.74, 6) is -3.81. The SMILES string of the molecule is CCN(CC)C(=O)C(C)Nc1c(F)cc(C(=O)O)cc1F. The summed E-state index contributed by atoms with van der Waals surface area (Å²) < 4.78 is 27.5. The normalized spacial score (nSPS) is 11.9. The molecule has 0 aliphatic heterocycles. The molecule has 1 aromatic carbocycles. The molecule has 0 heterocycles. The van der Waals surface area contributed by atoms with E-state index in [1.165, 1.54) is 11.8 Å². The molecule has 0 fully saturated rings. The number of carboxylic acids is 1. The Labute approximate surface area is 121 Å². The summed E-state index contributed by atoms with van der Waals surface area (Å²) in [4.78, 5) is 24.3. The van der Waals surface area contributed by atoms with Gasteiger partial charge in [-0.1, -0.05) is 0 Å². The van der Waals surface area contributed by atoms with E-state index >= 15 is 0 Å². The van der Waals surface area contributed by atoms with Gasteiger partial charge >= 0.3 is 5.97 Å². The lowest BCUT2D eigenvalue weighted by Crippen LogP contribution is -2.41. The van der Waals surface area contributed by atoms with E-state index in [1.54, 1.807) is 13.8 Å². The summed E-state index contributed by atoms with van der Waals surface area (Å²) in [5, 5.41) is 11.2. The van der Waals surface area contributed by atoms with Crippen molar-refractivity contribution in [2.45, 2.75) is 26.8 Å². The highest BCUT2D eigenvalue weighted by atomic mass is 19.1. The lowest BCUT2D eigenvalue weighted by molar-refractivity contribution is -0.131. The number of aromatic carboxylic acids is 1. The maximum absolute atomic E-state index is 13.8. The van der Waals surface area contributed by atoms with Gasteiger partial charge in [-0.3, -0.25) is 4.79 Å². The lowest BCUT2D eigenvalue weighted by atomic mass is 10.1. The van der Waals surface area contributed by atoms with Crippen LogP contribution in [0, 0.1) is 11.6 Å². The van der Waals surface area contributed by atoms with E-state index in [1.807, 2.05) is 0 Å². The van der Waals surface area contributed by atoms with Crippen molar-refractivity contribution >= 4 is 17.6 Å². The Morgan fingerprint density at radius 3 is 2.10 bits per heavy atom. The molecule has 1 atom stereocenters. The van der Waals surface area contributed by atoms with Crippen molar-refractivity contribution in [3.8, 4) is 0 Å². The average Bonchev–Trinajstić information content (AvgIpc) is 2.43. The maximum Gasteiger partial charge on any atom is 0.335 e. The molecule has 5 nitrogen and oxygen atoms in total. The van der Waals surface area contributed by atoms with Crippen LogP contribution in [0.3, 0.4) is 0 Å². The van der Waals surface area contributed by atoms with Gasteiger partial charge in [-0.25, -0.2) is 13.6 Å². The quantitative estimate of drug-likeness (QED) is 0.846. The zero-order valence-corrected chi connectivity index (χ0v) is 12.1. The minimum atomic E-state index is -1.42. The van der Waals surface area contributed by atoms with Crippen molar-refractivity contribution in [1.29, 1.82) is 0 Å². The molecule has 0 saturated carbocycles. The molecule has 1 unspecified atom stereocenters. The minimum Gasteiger partial charge on any atom is -0.478 e. The fourth-order valence-electron chi connectivity index (χ4n) is 1.92. The molecular weight excluding hydrogens is 282 g/mol. The minimum absolute atomic E-state index is 0.291. The third-order valence-electron chi connectivity index (χ3n) is 3.10. The molecule has 0 radical (unpaired) electrons. The number of carbonyl (C=O) groups is 2. The predicted octanol–water partition coefficient (Wildman–Crippen LogP) is 2.33. The number of nitrogens with zero attached hydrogens (tertiary/aromatic N) is 1. The van der Waals surface area contributed by atoms with E-state index in [2.05, 4.69) is 5.32 Å². The Balaban J connectivity index is 2.98. The molecule has 0 aliphatic rings. The molecule has 1 aromatic rings. The van der Waals surface area contributed by atoms with E-state index in [-0.39, 0.29) is 5.91 Å². The Morgan fingerprint density at radius 1 is 1.24 bits per heavy atom. The van der Waals surface area contributed by atoms with Crippen LogP contribution in [0.2, 0.25) is 0 Å². The van der Waals surface area contributed by atoms with Crippen LogP contribution < -0.4 is 5.32 Å². The molecule has 1 amide bonds. The monoisotopic (exact) mass is 300 g/mol. The molecule has 2 N–H and O–H groups in total. The molecule has 1 rings (SSSR count). The van der Waals surface area contributed by atoms with Crippen molar-refractivity contribution < 1.29 is 23.5 Å². The van der Waals surface area contributed by atoms with E-state index < -0.39 is 34.9 Å². The molecule has 0 saturated heterocycles. The summed E-state index contributed by atoms with van der Waals surface area (Å²) >= 11 is 0. The fraction of sp³-hybridized carbons (Fsp3) is 0.429. The number of halogens is 2. The Hall–Kier alpha value is -2.18. The second-order valence-electron chi connectivity index (χ2n) is 4.50. The van der Waals surface area contributed by atoms with Gasteiger partial charge < -0.3 is 15.3 Å². The third-order valence-corrected chi connectivity index (χ3v) is 3.10. The highest BCUT2D eigenvalue weighted by Gasteiger charge is 2.22. The van der Waals surface area contributed by atoms with Crippen LogP contribution in [0.4, 0.5) is 14.5 Å². The number of anilines is 1. The summed E-state index contributed by atoms with van der Waals surface area (Å²) in [7, 11) is 0.